The van der Waals surface area contributed by atoms with Gasteiger partial charge in [0.25, 0.3) is 5.56 Å². The molecule has 0 saturated carbocycles. The van der Waals surface area contributed by atoms with Crippen molar-refractivity contribution < 1.29 is 0 Å². The van der Waals surface area contributed by atoms with Crippen LogP contribution < -0.4 is 5.56 Å². The Hall–Kier alpha value is -3.78. The molecule has 3 aromatic carbocycles. The number of benzene rings is 3. The van der Waals surface area contributed by atoms with Crippen molar-refractivity contribution in [1.29, 1.82) is 0 Å². The summed E-state index contributed by atoms with van der Waals surface area (Å²) in [5, 5.41) is 18.3. The first-order valence-electron chi connectivity index (χ1n) is 9.74. The highest BCUT2D eigenvalue weighted by molar-refractivity contribution is 7.98. The van der Waals surface area contributed by atoms with E-state index in [9.17, 15) is 4.79 Å². The van der Waals surface area contributed by atoms with Crippen molar-refractivity contribution in [2.24, 2.45) is 0 Å². The first kappa shape index (κ1) is 19.2. The molecule has 8 heteroatoms. The number of nitrogens with zero attached hydrogens (tertiary/aromatic N) is 6. The number of hydrogen-bond acceptors (Lipinski definition) is 6. The van der Waals surface area contributed by atoms with Crippen LogP contribution >= 0.6 is 11.8 Å². The maximum Gasteiger partial charge on any atom is 0.278 e. The van der Waals surface area contributed by atoms with E-state index in [4.69, 9.17) is 0 Å². The van der Waals surface area contributed by atoms with Crippen LogP contribution in [0.5, 0.6) is 0 Å². The van der Waals surface area contributed by atoms with E-state index in [-0.39, 0.29) is 11.4 Å². The third kappa shape index (κ3) is 3.73. The van der Waals surface area contributed by atoms with E-state index < -0.39 is 0 Å². The number of aryl methyl sites for hydroxylation is 1. The van der Waals surface area contributed by atoms with Gasteiger partial charge in [-0.25, -0.2) is 0 Å². The maximum atomic E-state index is 12.8. The van der Waals surface area contributed by atoms with Crippen LogP contribution in [-0.2, 0) is 5.88 Å². The van der Waals surface area contributed by atoms with Crippen LogP contribution in [0, 0.1) is 6.92 Å². The van der Waals surface area contributed by atoms with Crippen LogP contribution in [0.25, 0.3) is 28.0 Å². The molecule has 0 atom stereocenters. The van der Waals surface area contributed by atoms with E-state index >= 15 is 0 Å². The standard InChI is InChI=1S/C23H18N6OS/c1-16-11-13-18(14-12-16)29-21(17-7-3-2-4-8-17)25-26-23(29)31-15-28-22(30)19-9-5-6-10-20(19)24-27-28/h2-14H,15H2,1H3. The van der Waals surface area contributed by atoms with E-state index in [1.807, 2.05) is 59.2 Å². The van der Waals surface area contributed by atoms with E-state index in [0.29, 0.717) is 16.1 Å². The third-order valence-electron chi connectivity index (χ3n) is 4.90. The fourth-order valence-corrected chi connectivity index (χ4v) is 4.12. The second kappa shape index (κ2) is 8.16. The Bertz CT molecular complexity index is 1410. The van der Waals surface area contributed by atoms with Gasteiger partial charge in [-0.1, -0.05) is 77.1 Å². The summed E-state index contributed by atoms with van der Waals surface area (Å²) in [7, 11) is 0. The number of thioether (sulfide) groups is 1. The number of fused-ring (bicyclic) bond motifs is 1. The molecule has 0 aliphatic carbocycles. The minimum atomic E-state index is -0.178. The van der Waals surface area contributed by atoms with E-state index in [1.165, 1.54) is 22.0 Å². The quantitative estimate of drug-likeness (QED) is 0.394. The Morgan fingerprint density at radius 3 is 2.39 bits per heavy atom. The highest BCUT2D eigenvalue weighted by Gasteiger charge is 2.17. The van der Waals surface area contributed by atoms with Crippen molar-refractivity contribution in [2.75, 3.05) is 0 Å². The van der Waals surface area contributed by atoms with Gasteiger partial charge in [-0.3, -0.25) is 9.36 Å². The summed E-state index contributed by atoms with van der Waals surface area (Å²) in [5.74, 6) is 1.01. The van der Waals surface area contributed by atoms with Gasteiger partial charge in [0.05, 0.1) is 11.3 Å². The van der Waals surface area contributed by atoms with Crippen molar-refractivity contribution in [1.82, 2.24) is 29.8 Å². The zero-order chi connectivity index (χ0) is 21.2. The average Bonchev–Trinajstić information content (AvgIpc) is 3.24. The summed E-state index contributed by atoms with van der Waals surface area (Å²) in [6.45, 7) is 2.05. The lowest BCUT2D eigenvalue weighted by atomic mass is 10.2. The minimum absolute atomic E-state index is 0.178. The zero-order valence-corrected chi connectivity index (χ0v) is 17.5. The summed E-state index contributed by atoms with van der Waals surface area (Å²) in [4.78, 5) is 12.8. The SMILES string of the molecule is Cc1ccc(-n2c(SCn3nnc4ccccc4c3=O)nnc2-c2ccccc2)cc1. The Morgan fingerprint density at radius 1 is 0.839 bits per heavy atom. The zero-order valence-electron chi connectivity index (χ0n) is 16.7. The molecule has 5 aromatic rings. The molecular formula is C23H18N6OS. The van der Waals surface area contributed by atoms with Gasteiger partial charge in [-0.15, -0.1) is 15.3 Å². The molecule has 0 saturated heterocycles. The topological polar surface area (TPSA) is 78.5 Å². The number of rotatable bonds is 5. The lowest BCUT2D eigenvalue weighted by Gasteiger charge is -2.11. The molecule has 0 unspecified atom stereocenters. The normalized spacial score (nSPS) is 11.1. The van der Waals surface area contributed by atoms with Gasteiger partial charge in [0.1, 0.15) is 5.52 Å². The molecule has 0 bridgehead atoms. The van der Waals surface area contributed by atoms with Gasteiger partial charge in [0.15, 0.2) is 11.0 Å². The Kier molecular flexibility index (Phi) is 5.05. The van der Waals surface area contributed by atoms with Crippen LogP contribution in [0.3, 0.4) is 0 Å². The van der Waals surface area contributed by atoms with Crippen molar-refractivity contribution in [3.05, 3.63) is 94.8 Å². The molecule has 0 N–H and O–H groups in total. The molecule has 0 aliphatic heterocycles. The molecule has 0 aliphatic rings. The number of aromatic nitrogens is 6. The molecule has 0 fully saturated rings. The molecule has 2 aromatic heterocycles. The maximum absolute atomic E-state index is 12.8. The second-order valence-electron chi connectivity index (χ2n) is 7.03. The van der Waals surface area contributed by atoms with Crippen LogP contribution in [0.15, 0.2) is 88.8 Å². The average molecular weight is 427 g/mol. The second-order valence-corrected chi connectivity index (χ2v) is 7.94. The molecule has 0 amide bonds. The predicted octanol–water partition coefficient (Wildman–Crippen LogP) is 4.10. The fourth-order valence-electron chi connectivity index (χ4n) is 3.29. The van der Waals surface area contributed by atoms with Crippen LogP contribution in [0.4, 0.5) is 0 Å². The first-order valence-corrected chi connectivity index (χ1v) is 10.7. The lowest BCUT2D eigenvalue weighted by Crippen LogP contribution is -2.23. The number of hydrogen-bond donors (Lipinski definition) is 0. The van der Waals surface area contributed by atoms with Crippen molar-refractivity contribution in [3.8, 4) is 17.1 Å². The molecule has 0 spiro atoms. The Labute approximate surface area is 182 Å². The molecule has 7 nitrogen and oxygen atoms in total. The highest BCUT2D eigenvalue weighted by Crippen LogP contribution is 2.28. The minimum Gasteiger partial charge on any atom is -0.270 e. The van der Waals surface area contributed by atoms with Crippen LogP contribution in [0.1, 0.15) is 5.56 Å². The Balaban J connectivity index is 1.54. The van der Waals surface area contributed by atoms with Gasteiger partial charge in [-0.05, 0) is 31.2 Å². The van der Waals surface area contributed by atoms with Gasteiger partial charge in [0, 0.05) is 11.3 Å². The summed E-state index contributed by atoms with van der Waals surface area (Å²) in [6.07, 6.45) is 0. The molecule has 0 radical (unpaired) electrons. The van der Waals surface area contributed by atoms with E-state index in [2.05, 4.69) is 39.6 Å². The lowest BCUT2D eigenvalue weighted by molar-refractivity contribution is 0.643. The van der Waals surface area contributed by atoms with Crippen molar-refractivity contribution >= 4 is 22.7 Å². The molecule has 5 rings (SSSR count). The molecule has 31 heavy (non-hydrogen) atoms. The molecular weight excluding hydrogens is 408 g/mol. The highest BCUT2D eigenvalue weighted by atomic mass is 32.2. The largest absolute Gasteiger partial charge is 0.278 e. The van der Waals surface area contributed by atoms with Crippen molar-refractivity contribution in [2.45, 2.75) is 18.0 Å². The monoisotopic (exact) mass is 426 g/mol. The molecule has 152 valence electrons. The van der Waals surface area contributed by atoms with Crippen molar-refractivity contribution in [3.63, 3.8) is 0 Å². The van der Waals surface area contributed by atoms with Gasteiger partial charge in [0.2, 0.25) is 0 Å². The first-order chi connectivity index (χ1) is 15.2. The Morgan fingerprint density at radius 2 is 1.58 bits per heavy atom. The fraction of sp³-hybridized carbons (Fsp3) is 0.0870. The smallest absolute Gasteiger partial charge is 0.270 e. The molecule has 2 heterocycles. The van der Waals surface area contributed by atoms with Crippen LogP contribution in [0.2, 0.25) is 0 Å². The summed E-state index contributed by atoms with van der Waals surface area (Å²) in [6, 6.07) is 25.3. The van der Waals surface area contributed by atoms with Gasteiger partial charge >= 0.3 is 0 Å². The third-order valence-corrected chi connectivity index (χ3v) is 5.80. The van der Waals surface area contributed by atoms with Gasteiger partial charge < -0.3 is 0 Å². The summed E-state index contributed by atoms with van der Waals surface area (Å²) < 4.78 is 3.35. The van der Waals surface area contributed by atoms with Gasteiger partial charge in [-0.2, -0.15) is 4.68 Å². The van der Waals surface area contributed by atoms with E-state index in [0.717, 1.165) is 17.1 Å². The van der Waals surface area contributed by atoms with Crippen LogP contribution in [-0.4, -0.2) is 29.8 Å². The summed E-state index contributed by atoms with van der Waals surface area (Å²) >= 11 is 1.39. The predicted molar refractivity (Wildman–Crippen MR) is 121 cm³/mol. The summed E-state index contributed by atoms with van der Waals surface area (Å²) in [5.41, 5.74) is 3.50. The van der Waals surface area contributed by atoms with E-state index in [1.54, 1.807) is 12.1 Å².